The van der Waals surface area contributed by atoms with E-state index in [-0.39, 0.29) is 5.76 Å². The molecule has 0 unspecified atom stereocenters. The zero-order valence-electron chi connectivity index (χ0n) is 11.1. The van der Waals surface area contributed by atoms with Gasteiger partial charge >= 0.3 is 5.97 Å². The number of hydrogen-bond acceptors (Lipinski definition) is 4. The topological polar surface area (TPSA) is 52.3 Å². The molecule has 0 spiro atoms. The van der Waals surface area contributed by atoms with Crippen LogP contribution in [0.4, 0.5) is 0 Å². The Morgan fingerprint density at radius 3 is 2.85 bits per heavy atom. The smallest absolute Gasteiger partial charge is 0.376 e. The highest BCUT2D eigenvalue weighted by Crippen LogP contribution is 2.31. The summed E-state index contributed by atoms with van der Waals surface area (Å²) in [6.45, 7) is 4.00. The van der Waals surface area contributed by atoms with Crippen molar-refractivity contribution in [1.82, 2.24) is 4.98 Å². The summed E-state index contributed by atoms with van der Waals surface area (Å²) in [6, 6.07) is 5.85. The third kappa shape index (κ3) is 3.22. The van der Waals surface area contributed by atoms with E-state index in [9.17, 15) is 4.79 Å². The van der Waals surface area contributed by atoms with Crippen LogP contribution in [0.15, 0.2) is 27.1 Å². The molecule has 0 fully saturated rings. The number of ether oxygens (including phenoxy) is 1. The van der Waals surface area contributed by atoms with Gasteiger partial charge in [0.15, 0.2) is 0 Å². The number of carbonyl (C=O) groups is 1. The maximum atomic E-state index is 11.9. The Morgan fingerprint density at radius 1 is 1.45 bits per heavy atom. The van der Waals surface area contributed by atoms with Crippen molar-refractivity contribution in [3.05, 3.63) is 37.7 Å². The molecule has 20 heavy (non-hydrogen) atoms. The van der Waals surface area contributed by atoms with E-state index >= 15 is 0 Å². The first-order chi connectivity index (χ1) is 9.56. The van der Waals surface area contributed by atoms with E-state index in [1.807, 2.05) is 25.1 Å². The summed E-state index contributed by atoms with van der Waals surface area (Å²) < 4.78 is 12.5. The molecule has 1 aromatic carbocycles. The van der Waals surface area contributed by atoms with Crippen LogP contribution in [0.2, 0.25) is 0 Å². The van der Waals surface area contributed by atoms with Crippen molar-refractivity contribution in [3.8, 4) is 11.5 Å². The minimum Gasteiger partial charge on any atom is -0.460 e. The molecule has 2 rings (SSSR count). The van der Waals surface area contributed by atoms with Crippen LogP contribution in [0.3, 0.4) is 0 Å². The quantitative estimate of drug-likeness (QED) is 0.511. The van der Waals surface area contributed by atoms with Crippen LogP contribution in [0, 0.1) is 3.57 Å². The lowest BCUT2D eigenvalue weighted by Crippen LogP contribution is -2.05. The Bertz CT molecular complexity index is 639. The van der Waals surface area contributed by atoms with Crippen molar-refractivity contribution in [2.24, 2.45) is 0 Å². The van der Waals surface area contributed by atoms with Gasteiger partial charge in [0.25, 0.3) is 0 Å². The fourth-order valence-electron chi connectivity index (χ4n) is 1.72. The number of aryl methyl sites for hydroxylation is 1. The second-order valence-electron chi connectivity index (χ2n) is 3.99. The number of benzene rings is 1. The lowest BCUT2D eigenvalue weighted by Gasteiger charge is -2.00. The van der Waals surface area contributed by atoms with Crippen LogP contribution in [-0.2, 0) is 11.2 Å². The molecule has 0 saturated heterocycles. The zero-order chi connectivity index (χ0) is 14.7. The molecule has 0 N–H and O–H groups in total. The van der Waals surface area contributed by atoms with E-state index in [0.717, 1.165) is 13.6 Å². The van der Waals surface area contributed by atoms with Gasteiger partial charge in [0, 0.05) is 8.04 Å². The largest absolute Gasteiger partial charge is 0.460 e. The van der Waals surface area contributed by atoms with Crippen molar-refractivity contribution in [1.29, 1.82) is 0 Å². The van der Waals surface area contributed by atoms with Crippen LogP contribution < -0.4 is 0 Å². The summed E-state index contributed by atoms with van der Waals surface area (Å²) in [5, 5.41) is 0. The first-order valence-electron chi connectivity index (χ1n) is 6.19. The van der Waals surface area contributed by atoms with Crippen molar-refractivity contribution in [2.75, 3.05) is 6.61 Å². The van der Waals surface area contributed by atoms with Crippen LogP contribution in [0.25, 0.3) is 11.5 Å². The van der Waals surface area contributed by atoms with Gasteiger partial charge in [-0.25, -0.2) is 9.78 Å². The van der Waals surface area contributed by atoms with Crippen molar-refractivity contribution in [3.63, 3.8) is 0 Å². The number of carbonyl (C=O) groups excluding carboxylic acids is 1. The molecule has 0 radical (unpaired) electrons. The first kappa shape index (κ1) is 15.5. The SMILES string of the molecule is CCOC(=O)c1oc(-c2cc(I)ccc2Br)nc1CC. The van der Waals surface area contributed by atoms with E-state index in [1.54, 1.807) is 6.92 Å². The number of nitrogens with zero attached hydrogens (tertiary/aromatic N) is 1. The predicted octanol–water partition coefficient (Wildman–Crippen LogP) is 4.45. The number of rotatable bonds is 4. The Balaban J connectivity index is 2.48. The summed E-state index contributed by atoms with van der Waals surface area (Å²) in [5.41, 5.74) is 1.44. The van der Waals surface area contributed by atoms with E-state index in [0.29, 0.717) is 24.6 Å². The fraction of sp³-hybridized carbons (Fsp3) is 0.286. The third-order valence-corrected chi connectivity index (χ3v) is 4.01. The van der Waals surface area contributed by atoms with E-state index in [4.69, 9.17) is 9.15 Å². The van der Waals surface area contributed by atoms with Gasteiger partial charge in [-0.1, -0.05) is 6.92 Å². The van der Waals surface area contributed by atoms with Gasteiger partial charge in [-0.2, -0.15) is 0 Å². The lowest BCUT2D eigenvalue weighted by molar-refractivity contribution is 0.0489. The van der Waals surface area contributed by atoms with Gasteiger partial charge in [-0.3, -0.25) is 0 Å². The molecule has 6 heteroatoms. The normalized spacial score (nSPS) is 10.6. The highest BCUT2D eigenvalue weighted by atomic mass is 127. The van der Waals surface area contributed by atoms with Gasteiger partial charge in [-0.05, 0) is 70.1 Å². The molecule has 0 aliphatic heterocycles. The predicted molar refractivity (Wildman–Crippen MR) is 87.7 cm³/mol. The summed E-state index contributed by atoms with van der Waals surface area (Å²) >= 11 is 5.69. The number of hydrogen-bond donors (Lipinski definition) is 0. The molecular formula is C14H13BrINO3. The molecule has 1 aromatic heterocycles. The van der Waals surface area contributed by atoms with Gasteiger partial charge in [0.1, 0.15) is 0 Å². The maximum Gasteiger partial charge on any atom is 0.376 e. The minimum atomic E-state index is -0.468. The average molecular weight is 450 g/mol. The first-order valence-corrected chi connectivity index (χ1v) is 8.06. The van der Waals surface area contributed by atoms with Crippen LogP contribution in [0.1, 0.15) is 30.1 Å². The monoisotopic (exact) mass is 449 g/mol. The molecule has 0 aliphatic carbocycles. The summed E-state index contributed by atoms with van der Waals surface area (Å²) in [7, 11) is 0. The van der Waals surface area contributed by atoms with E-state index in [1.165, 1.54) is 0 Å². The number of aromatic nitrogens is 1. The van der Waals surface area contributed by atoms with Crippen molar-refractivity contribution < 1.29 is 13.9 Å². The standard InChI is InChI=1S/C14H13BrINO3/c1-3-11-12(14(18)19-4-2)20-13(17-11)9-7-8(16)5-6-10(9)15/h5-7H,3-4H2,1-2H3. The Labute approximate surface area is 139 Å². The van der Waals surface area contributed by atoms with Crippen LogP contribution in [-0.4, -0.2) is 17.6 Å². The molecule has 2 aromatic rings. The maximum absolute atomic E-state index is 11.9. The molecule has 0 atom stereocenters. The third-order valence-electron chi connectivity index (χ3n) is 2.65. The summed E-state index contributed by atoms with van der Waals surface area (Å²) in [5.74, 6) is 0.148. The molecule has 1 heterocycles. The van der Waals surface area contributed by atoms with E-state index in [2.05, 4.69) is 43.5 Å². The fourth-order valence-corrected chi connectivity index (χ4v) is 2.63. The second-order valence-corrected chi connectivity index (χ2v) is 6.09. The minimum absolute atomic E-state index is 0.190. The lowest BCUT2D eigenvalue weighted by atomic mass is 10.2. The number of oxazole rings is 1. The molecule has 0 bridgehead atoms. The Hall–Kier alpha value is -0.890. The Kier molecular flexibility index (Phi) is 5.20. The molecule has 0 amide bonds. The molecular weight excluding hydrogens is 437 g/mol. The molecule has 0 aliphatic rings. The Morgan fingerprint density at radius 2 is 2.20 bits per heavy atom. The highest BCUT2D eigenvalue weighted by Gasteiger charge is 2.22. The van der Waals surface area contributed by atoms with Gasteiger partial charge in [0.05, 0.1) is 17.9 Å². The van der Waals surface area contributed by atoms with Crippen molar-refractivity contribution in [2.45, 2.75) is 20.3 Å². The molecule has 106 valence electrons. The number of esters is 1. The molecule has 0 saturated carbocycles. The van der Waals surface area contributed by atoms with Gasteiger partial charge in [0.2, 0.25) is 11.7 Å². The van der Waals surface area contributed by atoms with Crippen LogP contribution >= 0.6 is 38.5 Å². The highest BCUT2D eigenvalue weighted by molar-refractivity contribution is 14.1. The number of halogens is 2. The summed E-state index contributed by atoms with van der Waals surface area (Å²) in [6.07, 6.45) is 0.610. The van der Waals surface area contributed by atoms with E-state index < -0.39 is 5.97 Å². The average Bonchev–Trinajstić information content (AvgIpc) is 2.86. The van der Waals surface area contributed by atoms with Gasteiger partial charge in [-0.15, -0.1) is 0 Å². The zero-order valence-corrected chi connectivity index (χ0v) is 14.8. The summed E-state index contributed by atoms with van der Waals surface area (Å²) in [4.78, 5) is 16.3. The molecule has 4 nitrogen and oxygen atoms in total. The van der Waals surface area contributed by atoms with Gasteiger partial charge < -0.3 is 9.15 Å². The second kappa shape index (κ2) is 6.71. The van der Waals surface area contributed by atoms with Crippen molar-refractivity contribution >= 4 is 44.5 Å². The van der Waals surface area contributed by atoms with Crippen LogP contribution in [0.5, 0.6) is 0 Å².